The third-order valence-corrected chi connectivity index (χ3v) is 7.06. The first-order valence-corrected chi connectivity index (χ1v) is 11.7. The maximum atomic E-state index is 13.5. The molecule has 10 heteroatoms. The van der Waals surface area contributed by atoms with Crippen LogP contribution in [0.2, 0.25) is 0 Å². The van der Waals surface area contributed by atoms with Gasteiger partial charge in [-0.05, 0) is 48.5 Å². The van der Waals surface area contributed by atoms with Crippen LogP contribution in [0.1, 0.15) is 10.4 Å². The molecule has 0 saturated carbocycles. The van der Waals surface area contributed by atoms with Crippen molar-refractivity contribution in [1.29, 1.82) is 0 Å². The van der Waals surface area contributed by atoms with E-state index in [1.54, 1.807) is 54.6 Å². The van der Waals surface area contributed by atoms with Gasteiger partial charge < -0.3 is 19.5 Å². The number of para-hydroxylation sites is 3. The fourth-order valence-electron chi connectivity index (χ4n) is 3.53. The first kappa shape index (κ1) is 23.1. The van der Waals surface area contributed by atoms with Crippen molar-refractivity contribution in [3.05, 3.63) is 78.4 Å². The number of methoxy groups -OCH3 is 2. The van der Waals surface area contributed by atoms with Gasteiger partial charge in [0.2, 0.25) is 0 Å². The quantitative estimate of drug-likeness (QED) is 0.538. The zero-order valence-electron chi connectivity index (χ0n) is 18.4. The van der Waals surface area contributed by atoms with Crippen molar-refractivity contribution in [3.8, 4) is 11.5 Å². The smallest absolute Gasteiger partial charge is 0.339 e. The van der Waals surface area contributed by atoms with Crippen LogP contribution in [0.3, 0.4) is 0 Å². The van der Waals surface area contributed by atoms with E-state index in [9.17, 15) is 18.0 Å². The van der Waals surface area contributed by atoms with Crippen molar-refractivity contribution in [2.45, 2.75) is 11.0 Å². The second kappa shape index (κ2) is 9.44. The number of hydrogen-bond acceptors (Lipinski definition) is 7. The van der Waals surface area contributed by atoms with Crippen LogP contribution in [0.15, 0.2) is 77.7 Å². The summed E-state index contributed by atoms with van der Waals surface area (Å²) in [5, 5.41) is 2.65. The Labute approximate surface area is 196 Å². The lowest BCUT2D eigenvalue weighted by atomic mass is 10.1. The van der Waals surface area contributed by atoms with E-state index in [1.807, 2.05) is 0 Å². The summed E-state index contributed by atoms with van der Waals surface area (Å²) >= 11 is 0. The van der Waals surface area contributed by atoms with E-state index in [0.29, 0.717) is 11.4 Å². The Morgan fingerprint density at radius 1 is 0.971 bits per heavy atom. The normalized spacial score (nSPS) is 15.0. The Morgan fingerprint density at radius 3 is 2.35 bits per heavy atom. The molecule has 0 saturated heterocycles. The van der Waals surface area contributed by atoms with Crippen molar-refractivity contribution in [1.82, 2.24) is 0 Å². The number of rotatable bonds is 6. The van der Waals surface area contributed by atoms with Crippen LogP contribution < -0.4 is 19.1 Å². The highest BCUT2D eigenvalue weighted by molar-refractivity contribution is 7.92. The average Bonchev–Trinajstić information content (AvgIpc) is 2.87. The van der Waals surface area contributed by atoms with E-state index < -0.39 is 28.0 Å². The van der Waals surface area contributed by atoms with Gasteiger partial charge in [-0.15, -0.1) is 0 Å². The zero-order valence-corrected chi connectivity index (χ0v) is 19.2. The zero-order chi connectivity index (χ0) is 24.3. The van der Waals surface area contributed by atoms with Gasteiger partial charge in [0.15, 0.2) is 6.10 Å². The molecule has 0 radical (unpaired) electrons. The van der Waals surface area contributed by atoms with Crippen LogP contribution in [0.25, 0.3) is 0 Å². The molecule has 176 valence electrons. The Balaban J connectivity index is 1.66. The molecule has 0 fully saturated rings. The van der Waals surface area contributed by atoms with Gasteiger partial charge in [0.05, 0.1) is 42.6 Å². The van der Waals surface area contributed by atoms with E-state index in [0.717, 1.165) is 4.31 Å². The summed E-state index contributed by atoms with van der Waals surface area (Å²) in [4.78, 5) is 25.2. The highest BCUT2D eigenvalue weighted by Crippen LogP contribution is 2.37. The van der Waals surface area contributed by atoms with Gasteiger partial charge >= 0.3 is 5.97 Å². The molecule has 9 nitrogen and oxygen atoms in total. The van der Waals surface area contributed by atoms with Gasteiger partial charge in [-0.25, -0.2) is 13.2 Å². The molecule has 4 rings (SSSR count). The Kier molecular flexibility index (Phi) is 6.42. The van der Waals surface area contributed by atoms with E-state index in [4.69, 9.17) is 14.2 Å². The number of anilines is 2. The first-order chi connectivity index (χ1) is 16.3. The molecule has 3 aromatic carbocycles. The summed E-state index contributed by atoms with van der Waals surface area (Å²) in [5.41, 5.74) is 0.709. The minimum Gasteiger partial charge on any atom is -0.497 e. The molecule has 1 atom stereocenters. The van der Waals surface area contributed by atoms with Gasteiger partial charge in [0.1, 0.15) is 11.5 Å². The van der Waals surface area contributed by atoms with Crippen molar-refractivity contribution in [2.75, 3.05) is 30.4 Å². The molecule has 1 N–H and O–H groups in total. The molecule has 1 amide bonds. The average molecular weight is 483 g/mol. The van der Waals surface area contributed by atoms with Crippen LogP contribution in [0.5, 0.6) is 11.5 Å². The number of amides is 1. The number of sulfonamides is 1. The summed E-state index contributed by atoms with van der Waals surface area (Å²) in [6.45, 7) is -0.266. The lowest BCUT2D eigenvalue weighted by molar-refractivity contribution is -0.122. The highest BCUT2D eigenvalue weighted by Gasteiger charge is 2.37. The number of nitrogens with zero attached hydrogens (tertiary/aromatic N) is 1. The van der Waals surface area contributed by atoms with Gasteiger partial charge in [-0.3, -0.25) is 9.10 Å². The number of fused-ring (bicyclic) bond motifs is 1. The Morgan fingerprint density at radius 2 is 1.65 bits per heavy atom. The van der Waals surface area contributed by atoms with Gasteiger partial charge in [0, 0.05) is 0 Å². The topological polar surface area (TPSA) is 111 Å². The number of carbonyl (C=O) groups is 2. The molecule has 34 heavy (non-hydrogen) atoms. The second-order valence-electron chi connectivity index (χ2n) is 7.31. The first-order valence-electron chi connectivity index (χ1n) is 10.3. The molecule has 1 heterocycles. The standard InChI is InChI=1S/C24H22N2O7S/c1-31-16-11-13-17(14-12-16)34(29,30)26-15-22(33-21-10-6-5-9-20(21)26)23(27)25-19-8-4-3-7-18(19)24(28)32-2/h3-14,22H,15H2,1-2H3,(H,25,27). The van der Waals surface area contributed by atoms with E-state index in [2.05, 4.69) is 5.32 Å². The molecule has 0 aliphatic carbocycles. The number of ether oxygens (including phenoxy) is 3. The van der Waals surface area contributed by atoms with Gasteiger partial charge in [-0.1, -0.05) is 24.3 Å². The van der Waals surface area contributed by atoms with E-state index in [1.165, 1.54) is 32.4 Å². The van der Waals surface area contributed by atoms with Crippen molar-refractivity contribution in [2.24, 2.45) is 0 Å². The fourth-order valence-corrected chi connectivity index (χ4v) is 5.01. The summed E-state index contributed by atoms with van der Waals surface area (Å²) in [6, 6.07) is 18.9. The summed E-state index contributed by atoms with van der Waals surface area (Å²) < 4.78 is 43.8. The Hall–Kier alpha value is -4.05. The molecule has 0 bridgehead atoms. The molecular weight excluding hydrogens is 460 g/mol. The number of hydrogen-bond donors (Lipinski definition) is 1. The Bertz CT molecular complexity index is 1320. The number of esters is 1. The maximum absolute atomic E-state index is 13.5. The molecule has 0 spiro atoms. The minimum atomic E-state index is -4.02. The summed E-state index contributed by atoms with van der Waals surface area (Å²) in [7, 11) is -1.29. The van der Waals surface area contributed by atoms with Gasteiger partial charge in [-0.2, -0.15) is 0 Å². The molecule has 1 aliphatic heterocycles. The molecule has 0 aromatic heterocycles. The molecule has 1 aliphatic rings. The third kappa shape index (κ3) is 4.40. The summed E-state index contributed by atoms with van der Waals surface area (Å²) in [6.07, 6.45) is -1.17. The lowest BCUT2D eigenvalue weighted by Gasteiger charge is -2.34. The van der Waals surface area contributed by atoms with E-state index >= 15 is 0 Å². The number of nitrogens with one attached hydrogen (secondary N) is 1. The predicted molar refractivity (Wildman–Crippen MR) is 125 cm³/mol. The third-order valence-electron chi connectivity index (χ3n) is 5.26. The molecular formula is C24H22N2O7S. The maximum Gasteiger partial charge on any atom is 0.339 e. The van der Waals surface area contributed by atoms with Crippen LogP contribution in [0, 0.1) is 0 Å². The van der Waals surface area contributed by atoms with Crippen LogP contribution in [-0.4, -0.2) is 47.2 Å². The minimum absolute atomic E-state index is 0.0419. The molecule has 3 aromatic rings. The van der Waals surface area contributed by atoms with Crippen LogP contribution >= 0.6 is 0 Å². The fraction of sp³-hybridized carbons (Fsp3) is 0.167. The summed E-state index contributed by atoms with van der Waals surface area (Å²) in [5.74, 6) is -0.467. The predicted octanol–water partition coefficient (Wildman–Crippen LogP) is 3.08. The lowest BCUT2D eigenvalue weighted by Crippen LogP contribution is -2.48. The van der Waals surface area contributed by atoms with Crippen molar-refractivity contribution < 1.29 is 32.2 Å². The van der Waals surface area contributed by atoms with Crippen LogP contribution in [-0.2, 0) is 19.6 Å². The van der Waals surface area contributed by atoms with E-state index in [-0.39, 0.29) is 28.4 Å². The van der Waals surface area contributed by atoms with Gasteiger partial charge in [0.25, 0.3) is 15.9 Å². The van der Waals surface area contributed by atoms with Crippen molar-refractivity contribution in [3.63, 3.8) is 0 Å². The number of benzene rings is 3. The van der Waals surface area contributed by atoms with Crippen LogP contribution in [0.4, 0.5) is 11.4 Å². The SMILES string of the molecule is COC(=O)c1ccccc1NC(=O)C1CN(S(=O)(=O)c2ccc(OC)cc2)c2ccccc2O1. The molecule has 1 unspecified atom stereocenters. The highest BCUT2D eigenvalue weighted by atomic mass is 32.2. The largest absolute Gasteiger partial charge is 0.497 e. The monoisotopic (exact) mass is 482 g/mol. The van der Waals surface area contributed by atoms with Crippen molar-refractivity contribution >= 4 is 33.3 Å². The number of carbonyl (C=O) groups excluding carboxylic acids is 2. The second-order valence-corrected chi connectivity index (χ2v) is 9.17.